The molecule has 98 valence electrons. The number of hydrogen-bond acceptors (Lipinski definition) is 3. The fourth-order valence-corrected chi connectivity index (χ4v) is 2.17. The lowest BCUT2D eigenvalue weighted by Crippen LogP contribution is -2.29. The number of nitrogens with zero attached hydrogens (tertiary/aromatic N) is 2. The number of imide groups is 1. The molecular weight excluding hydrogens is 252 g/mol. The van der Waals surface area contributed by atoms with Gasteiger partial charge in [0.05, 0.1) is 11.1 Å². The van der Waals surface area contributed by atoms with Crippen molar-refractivity contribution in [3.8, 4) is 0 Å². The van der Waals surface area contributed by atoms with Crippen LogP contribution in [0.4, 0.5) is 0 Å². The van der Waals surface area contributed by atoms with Crippen LogP contribution in [0.3, 0.4) is 0 Å². The Hall–Kier alpha value is -2.75. The lowest BCUT2D eigenvalue weighted by Gasteiger charge is -2.10. The van der Waals surface area contributed by atoms with E-state index in [1.807, 2.05) is 18.2 Å². The molecule has 4 heteroatoms. The second kappa shape index (κ2) is 5.09. The van der Waals surface area contributed by atoms with Crippen molar-refractivity contribution in [2.24, 2.45) is 0 Å². The van der Waals surface area contributed by atoms with Gasteiger partial charge >= 0.3 is 0 Å². The molecule has 0 bridgehead atoms. The van der Waals surface area contributed by atoms with Gasteiger partial charge in [-0.25, -0.2) is 0 Å². The maximum Gasteiger partial charge on any atom is 0.261 e. The van der Waals surface area contributed by atoms with Crippen LogP contribution >= 0.6 is 0 Å². The molecule has 4 nitrogen and oxygen atoms in total. The van der Waals surface area contributed by atoms with E-state index in [0.29, 0.717) is 11.1 Å². The molecule has 1 aliphatic rings. The summed E-state index contributed by atoms with van der Waals surface area (Å²) >= 11 is 0. The molecule has 2 amide bonds. The molecule has 1 aromatic carbocycles. The highest BCUT2D eigenvalue weighted by atomic mass is 16.2. The predicted molar refractivity (Wildman–Crippen MR) is 75.1 cm³/mol. The summed E-state index contributed by atoms with van der Waals surface area (Å²) in [4.78, 5) is 29.4. The summed E-state index contributed by atoms with van der Waals surface area (Å²) in [6.45, 7) is 0.272. The summed E-state index contributed by atoms with van der Waals surface area (Å²) in [5.74, 6) is -0.463. The zero-order valence-corrected chi connectivity index (χ0v) is 10.7. The van der Waals surface area contributed by atoms with E-state index in [1.54, 1.807) is 42.7 Å². The molecule has 0 unspecified atom stereocenters. The summed E-state index contributed by atoms with van der Waals surface area (Å²) in [5.41, 5.74) is 1.95. The monoisotopic (exact) mass is 264 g/mol. The van der Waals surface area contributed by atoms with E-state index in [-0.39, 0.29) is 18.4 Å². The van der Waals surface area contributed by atoms with Gasteiger partial charge in [0.1, 0.15) is 0 Å². The number of carbonyl (C=O) groups is 2. The molecule has 2 aromatic rings. The topological polar surface area (TPSA) is 50.3 Å². The third-order valence-electron chi connectivity index (χ3n) is 3.18. The molecule has 0 fully saturated rings. The Kier molecular flexibility index (Phi) is 3.13. The average molecular weight is 264 g/mol. The zero-order chi connectivity index (χ0) is 13.9. The summed E-state index contributed by atoms with van der Waals surface area (Å²) < 4.78 is 0. The van der Waals surface area contributed by atoms with E-state index in [0.717, 1.165) is 5.56 Å². The molecule has 0 spiro atoms. The molecule has 0 N–H and O–H groups in total. The number of rotatable bonds is 3. The smallest absolute Gasteiger partial charge is 0.261 e. The maximum absolute atomic E-state index is 12.1. The van der Waals surface area contributed by atoms with Crippen molar-refractivity contribution in [1.29, 1.82) is 0 Å². The molecule has 2 heterocycles. The Morgan fingerprint density at radius 2 is 1.55 bits per heavy atom. The van der Waals surface area contributed by atoms with Crippen molar-refractivity contribution >= 4 is 17.9 Å². The third-order valence-corrected chi connectivity index (χ3v) is 3.18. The first-order valence-electron chi connectivity index (χ1n) is 6.29. The quantitative estimate of drug-likeness (QED) is 0.800. The van der Waals surface area contributed by atoms with Crippen molar-refractivity contribution in [3.05, 3.63) is 71.6 Å². The van der Waals surface area contributed by atoms with Crippen LogP contribution in [0.1, 0.15) is 26.3 Å². The van der Waals surface area contributed by atoms with Gasteiger partial charge in [0.2, 0.25) is 0 Å². The van der Waals surface area contributed by atoms with Crippen molar-refractivity contribution < 1.29 is 9.59 Å². The molecular formula is C16H12N2O2. The highest BCUT2D eigenvalue weighted by molar-refractivity contribution is 6.21. The average Bonchev–Trinajstić information content (AvgIpc) is 2.74. The van der Waals surface area contributed by atoms with Crippen molar-refractivity contribution in [3.63, 3.8) is 0 Å². The number of carbonyl (C=O) groups excluding carboxylic acids is 2. The Morgan fingerprint density at radius 3 is 2.15 bits per heavy atom. The first-order valence-corrected chi connectivity index (χ1v) is 6.29. The second-order valence-corrected chi connectivity index (χ2v) is 4.45. The van der Waals surface area contributed by atoms with Gasteiger partial charge in [-0.15, -0.1) is 0 Å². The van der Waals surface area contributed by atoms with Crippen molar-refractivity contribution in [1.82, 2.24) is 9.88 Å². The molecule has 0 saturated carbocycles. The van der Waals surface area contributed by atoms with Crippen LogP contribution in [0.15, 0.2) is 54.9 Å². The van der Waals surface area contributed by atoms with E-state index in [9.17, 15) is 9.59 Å². The standard InChI is InChI=1S/C16H12N2O2/c19-15-13-5-1-2-6-14(13)16(20)18(15)11-3-4-12-7-9-17-10-8-12/h1-10H,11H2/b4-3+. The van der Waals surface area contributed by atoms with Gasteiger partial charge in [-0.05, 0) is 29.8 Å². The number of fused-ring (bicyclic) bond motifs is 1. The Balaban J connectivity index is 1.76. The molecule has 0 saturated heterocycles. The SMILES string of the molecule is O=C1c2ccccc2C(=O)N1C/C=C/c1ccncc1. The van der Waals surface area contributed by atoms with E-state index in [2.05, 4.69) is 4.98 Å². The van der Waals surface area contributed by atoms with Gasteiger partial charge in [-0.2, -0.15) is 0 Å². The van der Waals surface area contributed by atoms with Crippen LogP contribution in [-0.2, 0) is 0 Å². The number of hydrogen-bond donors (Lipinski definition) is 0. The summed E-state index contributed by atoms with van der Waals surface area (Å²) in [6, 6.07) is 10.6. The molecule has 1 aromatic heterocycles. The largest absolute Gasteiger partial charge is 0.270 e. The summed E-state index contributed by atoms with van der Waals surface area (Å²) in [6.07, 6.45) is 7.06. The van der Waals surface area contributed by atoms with Gasteiger partial charge in [-0.1, -0.05) is 24.3 Å². The number of benzene rings is 1. The highest BCUT2D eigenvalue weighted by Crippen LogP contribution is 2.22. The van der Waals surface area contributed by atoms with Crippen LogP contribution in [0.2, 0.25) is 0 Å². The normalized spacial score (nSPS) is 14.1. The van der Waals surface area contributed by atoms with Crippen LogP contribution < -0.4 is 0 Å². The minimum absolute atomic E-state index is 0.232. The molecule has 0 atom stereocenters. The third kappa shape index (κ3) is 2.12. The van der Waals surface area contributed by atoms with Gasteiger partial charge in [0, 0.05) is 18.9 Å². The second-order valence-electron chi connectivity index (χ2n) is 4.45. The van der Waals surface area contributed by atoms with E-state index >= 15 is 0 Å². The summed E-state index contributed by atoms with van der Waals surface area (Å²) in [5, 5.41) is 0. The first kappa shape index (κ1) is 12.3. The van der Waals surface area contributed by atoms with Crippen LogP contribution in [0, 0.1) is 0 Å². The summed E-state index contributed by atoms with van der Waals surface area (Å²) in [7, 11) is 0. The minimum atomic E-state index is -0.232. The predicted octanol–water partition coefficient (Wildman–Crippen LogP) is 2.39. The fourth-order valence-electron chi connectivity index (χ4n) is 2.17. The Morgan fingerprint density at radius 1 is 0.950 bits per heavy atom. The molecule has 1 aliphatic heterocycles. The van der Waals surface area contributed by atoms with Gasteiger partial charge in [-0.3, -0.25) is 19.5 Å². The van der Waals surface area contributed by atoms with Gasteiger partial charge in [0.25, 0.3) is 11.8 Å². The molecule has 0 aliphatic carbocycles. The zero-order valence-electron chi connectivity index (χ0n) is 10.7. The first-order chi connectivity index (χ1) is 9.77. The number of aromatic nitrogens is 1. The van der Waals surface area contributed by atoms with Crippen molar-refractivity contribution in [2.45, 2.75) is 0 Å². The highest BCUT2D eigenvalue weighted by Gasteiger charge is 2.33. The van der Waals surface area contributed by atoms with Crippen LogP contribution in [-0.4, -0.2) is 28.2 Å². The lowest BCUT2D eigenvalue weighted by atomic mass is 10.1. The van der Waals surface area contributed by atoms with Gasteiger partial charge in [0.15, 0.2) is 0 Å². The molecule has 20 heavy (non-hydrogen) atoms. The van der Waals surface area contributed by atoms with Gasteiger partial charge < -0.3 is 0 Å². The van der Waals surface area contributed by atoms with E-state index in [4.69, 9.17) is 0 Å². The Bertz CT molecular complexity index is 658. The Labute approximate surface area is 116 Å². The van der Waals surface area contributed by atoms with E-state index in [1.165, 1.54) is 4.90 Å². The molecule has 3 rings (SSSR count). The lowest BCUT2D eigenvalue weighted by molar-refractivity contribution is 0.0672. The van der Waals surface area contributed by atoms with Crippen LogP contribution in [0.25, 0.3) is 6.08 Å². The van der Waals surface area contributed by atoms with Crippen molar-refractivity contribution in [2.75, 3.05) is 6.54 Å². The number of amides is 2. The molecule has 0 radical (unpaired) electrons. The number of pyridine rings is 1. The fraction of sp³-hybridized carbons (Fsp3) is 0.0625. The van der Waals surface area contributed by atoms with Crippen LogP contribution in [0.5, 0.6) is 0 Å². The minimum Gasteiger partial charge on any atom is -0.270 e. The van der Waals surface area contributed by atoms with E-state index < -0.39 is 0 Å². The maximum atomic E-state index is 12.1.